The van der Waals surface area contributed by atoms with Crippen molar-refractivity contribution < 1.29 is 0 Å². The van der Waals surface area contributed by atoms with E-state index < -0.39 is 0 Å². The van der Waals surface area contributed by atoms with Gasteiger partial charge in [0.2, 0.25) is 0 Å². The fourth-order valence-electron chi connectivity index (χ4n) is 1.87. The molecule has 0 saturated heterocycles. The van der Waals surface area contributed by atoms with Gasteiger partial charge in [-0.1, -0.05) is 33.1 Å². The minimum Gasteiger partial charge on any atom is -0.387 e. The Morgan fingerprint density at radius 3 is 2.23 bits per heavy atom. The van der Waals surface area contributed by atoms with Gasteiger partial charge in [0, 0.05) is 5.92 Å². The Kier molecular flexibility index (Phi) is 3.34. The molecule has 1 fully saturated rings. The smallest absolute Gasteiger partial charge is 0.0969 e. The van der Waals surface area contributed by atoms with E-state index in [1.165, 1.54) is 32.1 Å². The maximum atomic E-state index is 5.88. The van der Waals surface area contributed by atoms with E-state index in [4.69, 9.17) is 5.73 Å². The molecule has 0 aromatic heterocycles. The molecule has 0 atom stereocenters. The highest BCUT2D eigenvalue weighted by Crippen LogP contribution is 2.31. The van der Waals surface area contributed by atoms with Crippen LogP contribution >= 0.6 is 0 Å². The van der Waals surface area contributed by atoms with Crippen molar-refractivity contribution in [3.8, 4) is 0 Å². The van der Waals surface area contributed by atoms with Crippen molar-refractivity contribution in [3.63, 3.8) is 0 Å². The van der Waals surface area contributed by atoms with Crippen molar-refractivity contribution in [3.05, 3.63) is 0 Å². The van der Waals surface area contributed by atoms with E-state index in [0.29, 0.717) is 5.92 Å². The topological polar surface area (TPSA) is 38.4 Å². The molecule has 1 saturated carbocycles. The molecule has 0 aliphatic heterocycles. The molecule has 2 nitrogen and oxygen atoms in total. The number of hydrogen-bond acceptors (Lipinski definition) is 1. The van der Waals surface area contributed by atoms with E-state index in [2.05, 4.69) is 25.8 Å². The molecule has 0 aromatic rings. The summed E-state index contributed by atoms with van der Waals surface area (Å²) in [6.45, 7) is 6.44. The third-order valence-electron chi connectivity index (χ3n) is 2.92. The van der Waals surface area contributed by atoms with E-state index in [1.54, 1.807) is 0 Å². The summed E-state index contributed by atoms with van der Waals surface area (Å²) in [4.78, 5) is 4.66. The number of hydrogen-bond donors (Lipinski definition) is 1. The van der Waals surface area contributed by atoms with Gasteiger partial charge in [0.25, 0.3) is 0 Å². The molecule has 0 spiro atoms. The van der Waals surface area contributed by atoms with E-state index in [1.807, 2.05) is 0 Å². The number of amidine groups is 1. The van der Waals surface area contributed by atoms with Crippen LogP contribution in [0.5, 0.6) is 0 Å². The number of aliphatic imine (C=N–C) groups is 1. The molecule has 1 aliphatic carbocycles. The van der Waals surface area contributed by atoms with Gasteiger partial charge in [-0.05, 0) is 19.8 Å². The van der Waals surface area contributed by atoms with Crippen LogP contribution in [0.15, 0.2) is 4.99 Å². The van der Waals surface area contributed by atoms with Crippen molar-refractivity contribution >= 4 is 5.84 Å². The summed E-state index contributed by atoms with van der Waals surface area (Å²) in [7, 11) is 0. The van der Waals surface area contributed by atoms with Crippen molar-refractivity contribution in [1.82, 2.24) is 0 Å². The molecule has 1 aliphatic rings. The van der Waals surface area contributed by atoms with Crippen molar-refractivity contribution in [2.75, 3.05) is 0 Å². The third-order valence-corrected chi connectivity index (χ3v) is 2.92. The van der Waals surface area contributed by atoms with Gasteiger partial charge >= 0.3 is 0 Å². The Morgan fingerprint density at radius 2 is 1.77 bits per heavy atom. The number of rotatable bonds is 2. The molecule has 76 valence electrons. The molecular weight excluding hydrogens is 160 g/mol. The van der Waals surface area contributed by atoms with Crippen LogP contribution in [0.2, 0.25) is 0 Å². The standard InChI is InChI=1S/C11H22N2/c1-9(2)10(12)13-11(3)7-5-4-6-8-11/h9H,4-8H2,1-3H3,(H2,12,13). The fraction of sp³-hybridized carbons (Fsp3) is 0.909. The zero-order valence-corrected chi connectivity index (χ0v) is 9.14. The quantitative estimate of drug-likeness (QED) is 0.517. The summed E-state index contributed by atoms with van der Waals surface area (Å²) in [5, 5.41) is 0. The van der Waals surface area contributed by atoms with Crippen LogP contribution in [-0.2, 0) is 0 Å². The lowest BCUT2D eigenvalue weighted by Crippen LogP contribution is -2.31. The van der Waals surface area contributed by atoms with Crippen molar-refractivity contribution in [2.45, 2.75) is 58.4 Å². The van der Waals surface area contributed by atoms with Crippen LogP contribution in [0.4, 0.5) is 0 Å². The molecule has 0 bridgehead atoms. The third kappa shape index (κ3) is 3.02. The second-order valence-corrected chi connectivity index (χ2v) is 4.75. The lowest BCUT2D eigenvalue weighted by atomic mass is 9.84. The zero-order chi connectivity index (χ0) is 9.90. The first-order chi connectivity index (χ1) is 6.03. The maximum absolute atomic E-state index is 5.88. The van der Waals surface area contributed by atoms with E-state index >= 15 is 0 Å². The van der Waals surface area contributed by atoms with Crippen molar-refractivity contribution in [1.29, 1.82) is 0 Å². The summed E-state index contributed by atoms with van der Waals surface area (Å²) in [6, 6.07) is 0. The molecule has 0 radical (unpaired) electrons. The Morgan fingerprint density at radius 1 is 1.23 bits per heavy atom. The predicted octanol–water partition coefficient (Wildman–Crippen LogP) is 2.72. The van der Waals surface area contributed by atoms with Crippen LogP contribution in [0.25, 0.3) is 0 Å². The normalized spacial score (nSPS) is 23.5. The summed E-state index contributed by atoms with van der Waals surface area (Å²) in [6.07, 6.45) is 6.41. The van der Waals surface area contributed by atoms with E-state index in [0.717, 1.165) is 5.84 Å². The SMILES string of the molecule is CC(C)C(N)=NC1(C)CCCCC1. The average molecular weight is 182 g/mol. The fourth-order valence-corrected chi connectivity index (χ4v) is 1.87. The predicted molar refractivity (Wildman–Crippen MR) is 58.0 cm³/mol. The monoisotopic (exact) mass is 182 g/mol. The highest BCUT2D eigenvalue weighted by atomic mass is 14.9. The van der Waals surface area contributed by atoms with Gasteiger partial charge in [-0.25, -0.2) is 0 Å². The van der Waals surface area contributed by atoms with Crippen LogP contribution < -0.4 is 5.73 Å². The maximum Gasteiger partial charge on any atom is 0.0969 e. The van der Waals surface area contributed by atoms with Crippen molar-refractivity contribution in [2.24, 2.45) is 16.6 Å². The van der Waals surface area contributed by atoms with Crippen LogP contribution in [0, 0.1) is 5.92 Å². The zero-order valence-electron chi connectivity index (χ0n) is 9.14. The van der Waals surface area contributed by atoms with Gasteiger partial charge in [-0.3, -0.25) is 4.99 Å². The van der Waals surface area contributed by atoms with Gasteiger partial charge in [0.05, 0.1) is 11.4 Å². The lowest BCUT2D eigenvalue weighted by molar-refractivity contribution is 0.323. The second kappa shape index (κ2) is 4.12. The Bertz CT molecular complexity index is 188. The molecule has 1 rings (SSSR count). The van der Waals surface area contributed by atoms with Gasteiger partial charge in [0.1, 0.15) is 0 Å². The molecule has 2 N–H and O–H groups in total. The first-order valence-electron chi connectivity index (χ1n) is 5.39. The van der Waals surface area contributed by atoms with Crippen LogP contribution in [0.1, 0.15) is 52.9 Å². The average Bonchev–Trinajstić information content (AvgIpc) is 2.04. The second-order valence-electron chi connectivity index (χ2n) is 4.75. The number of nitrogens with two attached hydrogens (primary N) is 1. The van der Waals surface area contributed by atoms with Gasteiger partial charge in [0.15, 0.2) is 0 Å². The van der Waals surface area contributed by atoms with E-state index in [9.17, 15) is 0 Å². The van der Waals surface area contributed by atoms with Crippen LogP contribution in [-0.4, -0.2) is 11.4 Å². The van der Waals surface area contributed by atoms with Gasteiger partial charge < -0.3 is 5.73 Å². The summed E-state index contributed by atoms with van der Waals surface area (Å²) in [5.74, 6) is 1.21. The van der Waals surface area contributed by atoms with Gasteiger partial charge in [-0.2, -0.15) is 0 Å². The Balaban J connectivity index is 2.63. The molecule has 0 aromatic carbocycles. The number of nitrogens with zero attached hydrogens (tertiary/aromatic N) is 1. The molecule has 0 unspecified atom stereocenters. The highest BCUT2D eigenvalue weighted by molar-refractivity contribution is 5.82. The summed E-state index contributed by atoms with van der Waals surface area (Å²) >= 11 is 0. The van der Waals surface area contributed by atoms with Gasteiger partial charge in [-0.15, -0.1) is 0 Å². The molecule has 0 amide bonds. The lowest BCUT2D eigenvalue weighted by Gasteiger charge is -2.30. The summed E-state index contributed by atoms with van der Waals surface area (Å²) < 4.78 is 0. The van der Waals surface area contributed by atoms with E-state index in [-0.39, 0.29) is 5.54 Å². The largest absolute Gasteiger partial charge is 0.387 e. The first-order valence-corrected chi connectivity index (χ1v) is 5.39. The Labute approximate surface area is 81.6 Å². The summed E-state index contributed by atoms with van der Waals surface area (Å²) in [5.41, 5.74) is 6.03. The molecule has 13 heavy (non-hydrogen) atoms. The minimum atomic E-state index is 0.145. The molecular formula is C11H22N2. The highest BCUT2D eigenvalue weighted by Gasteiger charge is 2.26. The minimum absolute atomic E-state index is 0.145. The molecule has 2 heteroatoms. The first kappa shape index (κ1) is 10.6. The molecule has 0 heterocycles. The Hall–Kier alpha value is -0.530. The van der Waals surface area contributed by atoms with Crippen LogP contribution in [0.3, 0.4) is 0 Å².